The molecule has 3 atom stereocenters. The highest BCUT2D eigenvalue weighted by Gasteiger charge is 2.56. The predicted molar refractivity (Wildman–Crippen MR) is 85.3 cm³/mol. The number of fused-ring (bicyclic) bond motifs is 1. The van der Waals surface area contributed by atoms with Crippen molar-refractivity contribution in [1.82, 2.24) is 10.2 Å². The van der Waals surface area contributed by atoms with Crippen molar-refractivity contribution in [3.63, 3.8) is 0 Å². The fraction of sp³-hybridized carbons (Fsp3) is 0.647. The lowest BCUT2D eigenvalue weighted by Crippen LogP contribution is -2.55. The topological polar surface area (TPSA) is 81.0 Å². The van der Waals surface area contributed by atoms with Gasteiger partial charge in [0.25, 0.3) is 5.91 Å². The van der Waals surface area contributed by atoms with Crippen LogP contribution in [0.15, 0.2) is 23.0 Å². The Bertz CT molecular complexity index is 632. The van der Waals surface area contributed by atoms with Crippen LogP contribution in [0.4, 0.5) is 0 Å². The van der Waals surface area contributed by atoms with E-state index in [-0.39, 0.29) is 17.9 Å². The molecule has 0 radical (unpaired) electrons. The largest absolute Gasteiger partial charge is 0.472 e. The van der Waals surface area contributed by atoms with Crippen molar-refractivity contribution < 1.29 is 23.5 Å². The molecule has 2 saturated heterocycles. The van der Waals surface area contributed by atoms with Gasteiger partial charge in [0.1, 0.15) is 24.5 Å². The van der Waals surface area contributed by atoms with Gasteiger partial charge in [0.2, 0.25) is 5.91 Å². The molecular weight excluding hydrogens is 312 g/mol. The molecule has 0 bridgehead atoms. The van der Waals surface area contributed by atoms with E-state index < -0.39 is 23.5 Å². The summed E-state index contributed by atoms with van der Waals surface area (Å²) in [6, 6.07) is 0.847. The summed E-state index contributed by atoms with van der Waals surface area (Å²) in [5.41, 5.74) is -0.00286. The molecule has 2 aliphatic heterocycles. The maximum Gasteiger partial charge on any atom is 0.257 e. The first-order valence-corrected chi connectivity index (χ1v) is 8.08. The van der Waals surface area contributed by atoms with E-state index >= 15 is 0 Å². The van der Waals surface area contributed by atoms with Gasteiger partial charge < -0.3 is 24.1 Å². The average Bonchev–Trinajstić information content (AvgIpc) is 3.08. The average molecular weight is 336 g/mol. The van der Waals surface area contributed by atoms with Gasteiger partial charge in [-0.1, -0.05) is 0 Å². The highest BCUT2D eigenvalue weighted by Crippen LogP contribution is 2.37. The van der Waals surface area contributed by atoms with Crippen LogP contribution in [0, 0.1) is 0 Å². The zero-order valence-corrected chi connectivity index (χ0v) is 14.7. The molecule has 1 aromatic rings. The first-order chi connectivity index (χ1) is 11.1. The molecule has 2 fully saturated rings. The Kier molecular flexibility index (Phi) is 3.96. The third-order valence-corrected chi connectivity index (χ3v) is 4.04. The summed E-state index contributed by atoms with van der Waals surface area (Å²) < 4.78 is 16.8. The number of carbonyl (C=O) groups is 2. The Balaban J connectivity index is 1.88. The second-order valence-corrected chi connectivity index (χ2v) is 7.79. The molecule has 7 nitrogen and oxygen atoms in total. The summed E-state index contributed by atoms with van der Waals surface area (Å²) in [5.74, 6) is -1.27. The van der Waals surface area contributed by atoms with Gasteiger partial charge in [-0.2, -0.15) is 0 Å². The van der Waals surface area contributed by atoms with Crippen LogP contribution in [0.1, 0.15) is 45.0 Å². The van der Waals surface area contributed by atoms with Gasteiger partial charge in [-0.15, -0.1) is 0 Å². The molecule has 3 heterocycles. The fourth-order valence-corrected chi connectivity index (χ4v) is 3.25. The summed E-state index contributed by atoms with van der Waals surface area (Å²) in [6.45, 7) is 9.62. The van der Waals surface area contributed by atoms with E-state index in [4.69, 9.17) is 13.9 Å². The van der Waals surface area contributed by atoms with Gasteiger partial charge in [0.15, 0.2) is 5.79 Å². The molecule has 132 valence electrons. The number of nitrogens with zero attached hydrogens (tertiary/aromatic N) is 1. The highest BCUT2D eigenvalue weighted by molar-refractivity contribution is 5.98. The zero-order chi connectivity index (χ0) is 17.7. The van der Waals surface area contributed by atoms with E-state index in [2.05, 4.69) is 5.32 Å². The first kappa shape index (κ1) is 17.0. The van der Waals surface area contributed by atoms with Gasteiger partial charge in [-0.05, 0) is 40.7 Å². The quantitative estimate of drug-likeness (QED) is 0.886. The second-order valence-electron chi connectivity index (χ2n) is 7.79. The Morgan fingerprint density at radius 3 is 2.58 bits per heavy atom. The lowest BCUT2D eigenvalue weighted by atomic mass is 10.1. The van der Waals surface area contributed by atoms with Gasteiger partial charge in [-0.25, -0.2) is 0 Å². The summed E-state index contributed by atoms with van der Waals surface area (Å²) >= 11 is 0. The molecule has 1 aromatic heterocycles. The molecule has 0 aromatic carbocycles. The van der Waals surface area contributed by atoms with Crippen molar-refractivity contribution >= 4 is 11.8 Å². The fourth-order valence-electron chi connectivity index (χ4n) is 3.25. The Labute approximate surface area is 141 Å². The van der Waals surface area contributed by atoms with Crippen LogP contribution in [0.2, 0.25) is 0 Å². The first-order valence-electron chi connectivity index (χ1n) is 8.08. The summed E-state index contributed by atoms with van der Waals surface area (Å²) in [4.78, 5) is 27.1. The monoisotopic (exact) mass is 336 g/mol. The number of hydrogen-bond acceptors (Lipinski definition) is 5. The van der Waals surface area contributed by atoms with Crippen LogP contribution in [-0.4, -0.2) is 52.8 Å². The summed E-state index contributed by atoms with van der Waals surface area (Å²) in [6.07, 6.45) is 2.00. The predicted octanol–water partition coefficient (Wildman–Crippen LogP) is 1.54. The second kappa shape index (κ2) is 5.60. The number of amides is 2. The molecule has 3 rings (SSSR count). The third kappa shape index (κ3) is 3.18. The van der Waals surface area contributed by atoms with Crippen LogP contribution in [-0.2, 0) is 14.3 Å². The van der Waals surface area contributed by atoms with Gasteiger partial charge >= 0.3 is 0 Å². The van der Waals surface area contributed by atoms with Crippen LogP contribution >= 0.6 is 0 Å². The normalized spacial score (nSPS) is 28.7. The standard InChI is InChI=1S/C17H24N2O5/c1-16(2,3)18-14(20)12-13-11(23-17(4,5)24-13)8-19(12)15(21)10-6-7-22-9-10/h6-7,9,11-13H,8H2,1-5H3,(H,18,20)/t11-,12-,13-/m0/s1. The van der Waals surface area contributed by atoms with E-state index in [1.54, 1.807) is 6.07 Å². The van der Waals surface area contributed by atoms with E-state index in [1.165, 1.54) is 17.4 Å². The molecule has 2 amide bonds. The smallest absolute Gasteiger partial charge is 0.257 e. The number of nitrogens with one attached hydrogen (secondary N) is 1. The number of likely N-dealkylation sites (tertiary alicyclic amines) is 1. The minimum atomic E-state index is -0.764. The van der Waals surface area contributed by atoms with Crippen molar-refractivity contribution in [2.24, 2.45) is 0 Å². The Hall–Kier alpha value is -1.86. The number of ether oxygens (including phenoxy) is 2. The zero-order valence-electron chi connectivity index (χ0n) is 14.7. The van der Waals surface area contributed by atoms with Crippen molar-refractivity contribution in [2.75, 3.05) is 6.54 Å². The minimum Gasteiger partial charge on any atom is -0.472 e. The van der Waals surface area contributed by atoms with E-state index in [9.17, 15) is 9.59 Å². The molecule has 1 N–H and O–H groups in total. The van der Waals surface area contributed by atoms with Crippen molar-refractivity contribution in [3.05, 3.63) is 24.2 Å². The van der Waals surface area contributed by atoms with E-state index in [0.717, 1.165) is 0 Å². The molecule has 24 heavy (non-hydrogen) atoms. The molecule has 0 aliphatic carbocycles. The number of furan rings is 1. The molecular formula is C17H24N2O5. The molecule has 0 spiro atoms. The maximum atomic E-state index is 12.8. The van der Waals surface area contributed by atoms with E-state index in [1.807, 2.05) is 34.6 Å². The van der Waals surface area contributed by atoms with Gasteiger partial charge in [0, 0.05) is 5.54 Å². The van der Waals surface area contributed by atoms with Crippen LogP contribution in [0.5, 0.6) is 0 Å². The number of carbonyl (C=O) groups excluding carboxylic acids is 2. The number of hydrogen-bond donors (Lipinski definition) is 1. The van der Waals surface area contributed by atoms with Crippen molar-refractivity contribution in [2.45, 2.75) is 64.2 Å². The Morgan fingerprint density at radius 1 is 1.29 bits per heavy atom. The van der Waals surface area contributed by atoms with Crippen LogP contribution in [0.3, 0.4) is 0 Å². The van der Waals surface area contributed by atoms with E-state index in [0.29, 0.717) is 12.1 Å². The molecule has 2 aliphatic rings. The van der Waals surface area contributed by atoms with Crippen molar-refractivity contribution in [1.29, 1.82) is 0 Å². The lowest BCUT2D eigenvalue weighted by molar-refractivity contribution is -0.162. The van der Waals surface area contributed by atoms with Crippen LogP contribution in [0.25, 0.3) is 0 Å². The minimum absolute atomic E-state index is 0.242. The number of rotatable bonds is 2. The molecule has 0 saturated carbocycles. The Morgan fingerprint density at radius 2 is 2.00 bits per heavy atom. The van der Waals surface area contributed by atoms with Gasteiger partial charge in [-0.3, -0.25) is 9.59 Å². The van der Waals surface area contributed by atoms with Crippen LogP contribution < -0.4 is 5.32 Å². The molecule has 0 unspecified atom stereocenters. The maximum absolute atomic E-state index is 12.8. The molecule has 7 heteroatoms. The lowest BCUT2D eigenvalue weighted by Gasteiger charge is -2.31. The van der Waals surface area contributed by atoms with Crippen molar-refractivity contribution in [3.8, 4) is 0 Å². The summed E-state index contributed by atoms with van der Waals surface area (Å²) in [7, 11) is 0. The highest BCUT2D eigenvalue weighted by atomic mass is 16.8. The summed E-state index contributed by atoms with van der Waals surface area (Å²) in [5, 5.41) is 2.94. The van der Waals surface area contributed by atoms with Gasteiger partial charge in [0.05, 0.1) is 18.4 Å². The SMILES string of the molecule is CC(C)(C)NC(=O)[C@@H]1[C@H]2OC(C)(C)O[C@H]2CN1C(=O)c1ccoc1. The third-order valence-electron chi connectivity index (χ3n) is 4.04.